The third kappa shape index (κ3) is 4.07. The number of hydrogen-bond donors (Lipinski definition) is 1. The largest absolute Gasteiger partial charge is 0.367 e. The molecule has 8 heteroatoms. The summed E-state index contributed by atoms with van der Waals surface area (Å²) in [7, 11) is 3.82. The first-order valence-electron chi connectivity index (χ1n) is 8.44. The second kappa shape index (κ2) is 7.63. The summed E-state index contributed by atoms with van der Waals surface area (Å²) in [4.78, 5) is 24.3. The van der Waals surface area contributed by atoms with Gasteiger partial charge in [-0.15, -0.1) is 0 Å². The number of anilines is 2. The highest BCUT2D eigenvalue weighted by Crippen LogP contribution is 2.20. The van der Waals surface area contributed by atoms with Crippen molar-refractivity contribution in [2.75, 3.05) is 37.4 Å². The van der Waals surface area contributed by atoms with Crippen molar-refractivity contribution in [2.24, 2.45) is 0 Å². The van der Waals surface area contributed by atoms with Crippen LogP contribution in [0.25, 0.3) is 0 Å². The summed E-state index contributed by atoms with van der Waals surface area (Å²) in [5.74, 6) is -0.380. The molecule has 0 spiro atoms. The van der Waals surface area contributed by atoms with E-state index in [4.69, 9.17) is 0 Å². The number of carbonyl (C=O) groups is 1. The number of hydrogen-bond acceptors (Lipinski definition) is 5. The molecule has 26 heavy (non-hydrogen) atoms. The summed E-state index contributed by atoms with van der Waals surface area (Å²) in [6.07, 6.45) is 2.94. The van der Waals surface area contributed by atoms with E-state index in [9.17, 15) is 13.6 Å². The van der Waals surface area contributed by atoms with E-state index in [0.717, 1.165) is 36.6 Å². The summed E-state index contributed by atoms with van der Waals surface area (Å²) in [5, 5.41) is 3.35. The molecule has 2 heterocycles. The first-order valence-corrected chi connectivity index (χ1v) is 8.44. The van der Waals surface area contributed by atoms with Gasteiger partial charge in [0, 0.05) is 45.4 Å². The lowest BCUT2D eigenvalue weighted by Crippen LogP contribution is -2.42. The van der Waals surface area contributed by atoms with Crippen LogP contribution >= 0.6 is 0 Å². The van der Waals surface area contributed by atoms with Crippen molar-refractivity contribution in [2.45, 2.75) is 18.9 Å². The smallest absolute Gasteiger partial charge is 0.256 e. The monoisotopic (exact) mass is 361 g/mol. The maximum atomic E-state index is 13.8. The van der Waals surface area contributed by atoms with E-state index < -0.39 is 17.5 Å². The van der Waals surface area contributed by atoms with Crippen LogP contribution in [0.5, 0.6) is 0 Å². The Labute approximate surface area is 150 Å². The first-order chi connectivity index (χ1) is 12.4. The SMILES string of the molecule is CN(C)c1cc(NC2CCN(C(=O)c3ccc(F)cc3F)CC2)ncn1. The Morgan fingerprint density at radius 3 is 2.58 bits per heavy atom. The molecule has 1 aliphatic rings. The second-order valence-corrected chi connectivity index (χ2v) is 6.49. The van der Waals surface area contributed by atoms with E-state index in [2.05, 4.69) is 15.3 Å². The number of nitrogens with one attached hydrogen (secondary N) is 1. The summed E-state index contributed by atoms with van der Waals surface area (Å²) < 4.78 is 26.8. The number of piperidine rings is 1. The molecule has 1 aromatic carbocycles. The third-order valence-electron chi connectivity index (χ3n) is 4.41. The first kappa shape index (κ1) is 18.0. The minimum Gasteiger partial charge on any atom is -0.367 e. The standard InChI is InChI=1S/C18H21F2N5O/c1-24(2)17-10-16(21-11-22-17)23-13-5-7-25(8-6-13)18(26)14-4-3-12(19)9-15(14)20/h3-4,9-11,13H,5-8H2,1-2H3,(H,21,22,23). The van der Waals surface area contributed by atoms with E-state index >= 15 is 0 Å². The Kier molecular flexibility index (Phi) is 5.29. The minimum absolute atomic E-state index is 0.0933. The molecule has 0 saturated carbocycles. The fraction of sp³-hybridized carbons (Fsp3) is 0.389. The molecule has 2 aromatic rings. The zero-order valence-corrected chi connectivity index (χ0v) is 14.7. The Morgan fingerprint density at radius 2 is 1.92 bits per heavy atom. The van der Waals surface area contributed by atoms with Crippen LogP contribution in [-0.2, 0) is 0 Å². The van der Waals surface area contributed by atoms with Crippen LogP contribution in [0, 0.1) is 11.6 Å². The Morgan fingerprint density at radius 1 is 1.19 bits per heavy atom. The summed E-state index contributed by atoms with van der Waals surface area (Å²) in [6.45, 7) is 0.998. The molecule has 0 aliphatic carbocycles. The van der Waals surface area contributed by atoms with Crippen molar-refractivity contribution < 1.29 is 13.6 Å². The molecule has 0 radical (unpaired) electrons. The number of nitrogens with zero attached hydrogens (tertiary/aromatic N) is 4. The van der Waals surface area contributed by atoms with Gasteiger partial charge in [-0.05, 0) is 25.0 Å². The maximum Gasteiger partial charge on any atom is 0.256 e. The normalized spacial score (nSPS) is 15.0. The molecule has 3 rings (SSSR count). The highest BCUT2D eigenvalue weighted by Gasteiger charge is 2.25. The third-order valence-corrected chi connectivity index (χ3v) is 4.41. The molecule has 1 fully saturated rings. The van der Waals surface area contributed by atoms with E-state index in [1.54, 1.807) is 4.90 Å². The minimum atomic E-state index is -0.826. The molecule has 138 valence electrons. The predicted octanol–water partition coefficient (Wildman–Crippen LogP) is 2.54. The van der Waals surface area contributed by atoms with Crippen molar-refractivity contribution in [1.29, 1.82) is 0 Å². The zero-order valence-electron chi connectivity index (χ0n) is 14.7. The topological polar surface area (TPSA) is 61.4 Å². The number of likely N-dealkylation sites (tertiary alicyclic amines) is 1. The van der Waals surface area contributed by atoms with Crippen LogP contribution in [0.4, 0.5) is 20.4 Å². The van der Waals surface area contributed by atoms with Gasteiger partial charge in [-0.3, -0.25) is 4.79 Å². The highest BCUT2D eigenvalue weighted by atomic mass is 19.1. The van der Waals surface area contributed by atoms with Gasteiger partial charge in [-0.2, -0.15) is 0 Å². The van der Waals surface area contributed by atoms with Gasteiger partial charge in [-0.25, -0.2) is 18.7 Å². The fourth-order valence-electron chi connectivity index (χ4n) is 2.94. The molecule has 1 saturated heterocycles. The van der Waals surface area contributed by atoms with Gasteiger partial charge < -0.3 is 15.1 Å². The van der Waals surface area contributed by atoms with Gasteiger partial charge in [0.15, 0.2) is 0 Å². The van der Waals surface area contributed by atoms with Crippen molar-refractivity contribution >= 4 is 17.5 Å². The van der Waals surface area contributed by atoms with Crippen molar-refractivity contribution in [3.63, 3.8) is 0 Å². The predicted molar refractivity (Wildman–Crippen MR) is 95.3 cm³/mol. The highest BCUT2D eigenvalue weighted by molar-refractivity contribution is 5.94. The Balaban J connectivity index is 1.59. The van der Waals surface area contributed by atoms with Gasteiger partial charge in [-0.1, -0.05) is 0 Å². The number of rotatable bonds is 4. The maximum absolute atomic E-state index is 13.8. The molecule has 1 amide bonds. The van der Waals surface area contributed by atoms with Crippen LogP contribution in [-0.4, -0.2) is 54.0 Å². The number of halogens is 2. The summed E-state index contributed by atoms with van der Waals surface area (Å²) in [5.41, 5.74) is -0.0933. The molecular formula is C18H21F2N5O. The molecule has 0 atom stereocenters. The average Bonchev–Trinajstić information content (AvgIpc) is 2.62. The summed E-state index contributed by atoms with van der Waals surface area (Å²) in [6, 6.07) is 5.06. The molecule has 0 bridgehead atoms. The molecule has 1 aromatic heterocycles. The molecule has 0 unspecified atom stereocenters. The second-order valence-electron chi connectivity index (χ2n) is 6.49. The lowest BCUT2D eigenvalue weighted by molar-refractivity contribution is 0.0713. The van der Waals surface area contributed by atoms with Gasteiger partial charge in [0.25, 0.3) is 5.91 Å². The number of benzene rings is 1. The number of aromatic nitrogens is 2. The number of carbonyl (C=O) groups excluding carboxylic acids is 1. The van der Waals surface area contributed by atoms with Crippen LogP contribution < -0.4 is 10.2 Å². The van der Waals surface area contributed by atoms with Gasteiger partial charge in [0.05, 0.1) is 5.56 Å². The van der Waals surface area contributed by atoms with Crippen LogP contribution in [0.3, 0.4) is 0 Å². The molecule has 1 aliphatic heterocycles. The van der Waals surface area contributed by atoms with Crippen molar-refractivity contribution in [3.05, 3.63) is 47.8 Å². The van der Waals surface area contributed by atoms with Gasteiger partial charge >= 0.3 is 0 Å². The van der Waals surface area contributed by atoms with Gasteiger partial charge in [0.2, 0.25) is 0 Å². The van der Waals surface area contributed by atoms with Crippen LogP contribution in [0.15, 0.2) is 30.6 Å². The Bertz CT molecular complexity index is 791. The van der Waals surface area contributed by atoms with E-state index in [1.165, 1.54) is 12.4 Å². The van der Waals surface area contributed by atoms with E-state index in [0.29, 0.717) is 13.1 Å². The van der Waals surface area contributed by atoms with E-state index in [1.807, 2.05) is 25.1 Å². The van der Waals surface area contributed by atoms with Crippen LogP contribution in [0.1, 0.15) is 23.2 Å². The van der Waals surface area contributed by atoms with Crippen molar-refractivity contribution in [1.82, 2.24) is 14.9 Å². The van der Waals surface area contributed by atoms with Crippen molar-refractivity contribution in [3.8, 4) is 0 Å². The zero-order chi connectivity index (χ0) is 18.7. The lowest BCUT2D eigenvalue weighted by atomic mass is 10.0. The quantitative estimate of drug-likeness (QED) is 0.907. The molecular weight excluding hydrogens is 340 g/mol. The molecule has 6 nitrogen and oxygen atoms in total. The van der Waals surface area contributed by atoms with Gasteiger partial charge in [0.1, 0.15) is 29.6 Å². The molecule has 1 N–H and O–H groups in total. The van der Waals surface area contributed by atoms with Crippen LogP contribution in [0.2, 0.25) is 0 Å². The fourth-order valence-corrected chi connectivity index (χ4v) is 2.94. The summed E-state index contributed by atoms with van der Waals surface area (Å²) >= 11 is 0. The van der Waals surface area contributed by atoms with E-state index in [-0.39, 0.29) is 11.6 Å². The average molecular weight is 361 g/mol. The Hall–Kier alpha value is -2.77. The lowest BCUT2D eigenvalue weighted by Gasteiger charge is -2.32. The number of amides is 1.